The van der Waals surface area contributed by atoms with Gasteiger partial charge in [0.15, 0.2) is 0 Å². The van der Waals surface area contributed by atoms with Gasteiger partial charge in [-0.2, -0.15) is 5.26 Å². The van der Waals surface area contributed by atoms with Crippen LogP contribution in [0.3, 0.4) is 0 Å². The molecule has 17 heavy (non-hydrogen) atoms. The molecule has 1 unspecified atom stereocenters. The average molecular weight is 230 g/mol. The van der Waals surface area contributed by atoms with Crippen LogP contribution in [-0.2, 0) is 4.79 Å². The van der Waals surface area contributed by atoms with Crippen molar-refractivity contribution in [1.29, 1.82) is 5.26 Å². The van der Waals surface area contributed by atoms with Gasteiger partial charge in [-0.3, -0.25) is 4.79 Å². The molecule has 0 heterocycles. The van der Waals surface area contributed by atoms with Gasteiger partial charge < -0.3 is 5.32 Å². The molecule has 1 atom stereocenters. The number of anilines is 1. The minimum atomic E-state index is -0.960. The van der Waals surface area contributed by atoms with E-state index in [-0.39, 0.29) is 5.91 Å². The second-order valence-electron chi connectivity index (χ2n) is 4.55. The first-order chi connectivity index (χ1) is 7.92. The second-order valence-corrected chi connectivity index (χ2v) is 4.55. The lowest BCUT2D eigenvalue weighted by atomic mass is 9.88. The number of amides is 1. The van der Waals surface area contributed by atoms with Crippen LogP contribution in [0, 0.1) is 30.6 Å². The largest absolute Gasteiger partial charge is 0.325 e. The Kier molecular flexibility index (Phi) is 3.90. The molecule has 3 heteroatoms. The number of benzene rings is 1. The normalized spacial score (nSPS) is 13.6. The van der Waals surface area contributed by atoms with Crippen molar-refractivity contribution >= 4 is 11.6 Å². The standard InChI is InChI=1S/C14H18N2O/c1-5-14(4,9-15)13(17)16-12-7-6-10(2)11(3)8-12/h6-8H,5H2,1-4H3,(H,16,17). The maximum Gasteiger partial charge on any atom is 0.244 e. The van der Waals surface area contributed by atoms with Gasteiger partial charge in [0.25, 0.3) is 0 Å². The zero-order chi connectivity index (χ0) is 13.1. The van der Waals surface area contributed by atoms with Crippen molar-refractivity contribution in [2.75, 3.05) is 5.32 Å². The molecule has 0 fully saturated rings. The molecule has 1 N–H and O–H groups in total. The Morgan fingerprint density at radius 3 is 2.53 bits per heavy atom. The molecule has 0 aliphatic carbocycles. The highest BCUT2D eigenvalue weighted by Gasteiger charge is 2.31. The molecule has 0 saturated carbocycles. The molecule has 1 rings (SSSR count). The van der Waals surface area contributed by atoms with Crippen LogP contribution in [0.25, 0.3) is 0 Å². The van der Waals surface area contributed by atoms with Crippen LogP contribution < -0.4 is 5.32 Å². The van der Waals surface area contributed by atoms with Crippen LogP contribution in [-0.4, -0.2) is 5.91 Å². The minimum Gasteiger partial charge on any atom is -0.325 e. The molecule has 0 aromatic heterocycles. The number of nitriles is 1. The molecule has 1 aromatic carbocycles. The molecule has 1 amide bonds. The summed E-state index contributed by atoms with van der Waals surface area (Å²) in [6.45, 7) is 7.51. The molecule has 0 bridgehead atoms. The summed E-state index contributed by atoms with van der Waals surface area (Å²) in [5.74, 6) is -0.245. The number of rotatable bonds is 3. The van der Waals surface area contributed by atoms with Crippen molar-refractivity contribution in [3.8, 4) is 6.07 Å². The highest BCUT2D eigenvalue weighted by Crippen LogP contribution is 2.23. The molecular formula is C14H18N2O. The van der Waals surface area contributed by atoms with E-state index in [0.717, 1.165) is 11.3 Å². The van der Waals surface area contributed by atoms with Crippen LogP contribution in [0.2, 0.25) is 0 Å². The molecule has 0 aliphatic rings. The monoisotopic (exact) mass is 230 g/mol. The number of hydrogen-bond acceptors (Lipinski definition) is 2. The SMILES string of the molecule is CCC(C)(C#N)C(=O)Nc1ccc(C)c(C)c1. The van der Waals surface area contributed by atoms with E-state index in [1.54, 1.807) is 6.92 Å². The number of nitrogens with one attached hydrogen (secondary N) is 1. The van der Waals surface area contributed by atoms with Crippen molar-refractivity contribution in [2.45, 2.75) is 34.1 Å². The van der Waals surface area contributed by atoms with Crippen molar-refractivity contribution in [3.63, 3.8) is 0 Å². The number of nitrogens with zero attached hydrogens (tertiary/aromatic N) is 1. The summed E-state index contributed by atoms with van der Waals surface area (Å²) in [6.07, 6.45) is 0.500. The first kappa shape index (κ1) is 13.2. The van der Waals surface area contributed by atoms with Crippen LogP contribution in [0.1, 0.15) is 31.4 Å². The topological polar surface area (TPSA) is 52.9 Å². The fraction of sp³-hybridized carbons (Fsp3) is 0.429. The zero-order valence-corrected chi connectivity index (χ0v) is 10.8. The Morgan fingerprint density at radius 1 is 1.41 bits per heavy atom. The fourth-order valence-electron chi connectivity index (χ4n) is 1.38. The molecule has 90 valence electrons. The van der Waals surface area contributed by atoms with Gasteiger partial charge in [0.1, 0.15) is 5.41 Å². The number of carbonyl (C=O) groups excluding carboxylic acids is 1. The summed E-state index contributed by atoms with van der Waals surface area (Å²) in [7, 11) is 0. The third-order valence-corrected chi connectivity index (χ3v) is 3.22. The zero-order valence-electron chi connectivity index (χ0n) is 10.8. The van der Waals surface area contributed by atoms with Crippen molar-refractivity contribution < 1.29 is 4.79 Å². The molecule has 0 radical (unpaired) electrons. The van der Waals surface area contributed by atoms with Gasteiger partial charge in [0.2, 0.25) is 5.91 Å². The lowest BCUT2D eigenvalue weighted by Gasteiger charge is -2.18. The van der Waals surface area contributed by atoms with Gasteiger partial charge in [0.05, 0.1) is 6.07 Å². The van der Waals surface area contributed by atoms with Crippen molar-refractivity contribution in [2.24, 2.45) is 5.41 Å². The summed E-state index contributed by atoms with van der Waals surface area (Å²) in [5, 5.41) is 11.8. The molecular weight excluding hydrogens is 212 g/mol. The van der Waals surface area contributed by atoms with Gasteiger partial charge in [-0.05, 0) is 50.5 Å². The molecule has 0 spiro atoms. The third-order valence-electron chi connectivity index (χ3n) is 3.22. The predicted octanol–water partition coefficient (Wildman–Crippen LogP) is 3.18. The first-order valence-corrected chi connectivity index (χ1v) is 5.73. The van der Waals surface area contributed by atoms with E-state index in [0.29, 0.717) is 6.42 Å². The summed E-state index contributed by atoms with van der Waals surface area (Å²) < 4.78 is 0. The van der Waals surface area contributed by atoms with Crippen molar-refractivity contribution in [3.05, 3.63) is 29.3 Å². The highest BCUT2D eigenvalue weighted by atomic mass is 16.2. The Balaban J connectivity index is 2.89. The number of hydrogen-bond donors (Lipinski definition) is 1. The average Bonchev–Trinajstić information content (AvgIpc) is 2.32. The Labute approximate surface area is 102 Å². The molecule has 0 saturated heterocycles. The van der Waals surface area contributed by atoms with Gasteiger partial charge in [0, 0.05) is 5.69 Å². The van der Waals surface area contributed by atoms with Gasteiger partial charge in [-0.15, -0.1) is 0 Å². The van der Waals surface area contributed by atoms with Crippen LogP contribution in [0.4, 0.5) is 5.69 Å². The first-order valence-electron chi connectivity index (χ1n) is 5.73. The van der Waals surface area contributed by atoms with E-state index in [1.165, 1.54) is 5.56 Å². The van der Waals surface area contributed by atoms with Crippen molar-refractivity contribution in [1.82, 2.24) is 0 Å². The van der Waals surface area contributed by atoms with Crippen LogP contribution >= 0.6 is 0 Å². The van der Waals surface area contributed by atoms with Crippen LogP contribution in [0.5, 0.6) is 0 Å². The van der Waals surface area contributed by atoms with E-state index in [9.17, 15) is 4.79 Å². The lowest BCUT2D eigenvalue weighted by Crippen LogP contribution is -2.31. The fourth-order valence-corrected chi connectivity index (χ4v) is 1.38. The van der Waals surface area contributed by atoms with E-state index in [1.807, 2.05) is 39.0 Å². The van der Waals surface area contributed by atoms with E-state index >= 15 is 0 Å². The third kappa shape index (κ3) is 2.85. The van der Waals surface area contributed by atoms with Crippen LogP contribution in [0.15, 0.2) is 18.2 Å². The van der Waals surface area contributed by atoms with Gasteiger partial charge in [-0.25, -0.2) is 0 Å². The summed E-state index contributed by atoms with van der Waals surface area (Å²) in [4.78, 5) is 12.0. The van der Waals surface area contributed by atoms with Gasteiger partial charge >= 0.3 is 0 Å². The summed E-state index contributed by atoms with van der Waals surface area (Å²) in [5.41, 5.74) is 2.09. The maximum absolute atomic E-state index is 12.0. The number of aryl methyl sites for hydroxylation is 2. The Bertz CT molecular complexity index is 474. The quantitative estimate of drug-likeness (QED) is 0.867. The smallest absolute Gasteiger partial charge is 0.244 e. The lowest BCUT2D eigenvalue weighted by molar-refractivity contribution is -0.122. The summed E-state index contributed by atoms with van der Waals surface area (Å²) in [6, 6.07) is 7.79. The Hall–Kier alpha value is -1.82. The maximum atomic E-state index is 12.0. The molecule has 1 aromatic rings. The summed E-state index contributed by atoms with van der Waals surface area (Å²) >= 11 is 0. The van der Waals surface area contributed by atoms with Gasteiger partial charge in [-0.1, -0.05) is 13.0 Å². The second kappa shape index (κ2) is 5.01. The van der Waals surface area contributed by atoms with E-state index < -0.39 is 5.41 Å². The van der Waals surface area contributed by atoms with E-state index in [4.69, 9.17) is 5.26 Å². The highest BCUT2D eigenvalue weighted by molar-refractivity contribution is 5.96. The van der Waals surface area contributed by atoms with E-state index in [2.05, 4.69) is 11.4 Å². The predicted molar refractivity (Wildman–Crippen MR) is 68.6 cm³/mol. The molecule has 3 nitrogen and oxygen atoms in total. The Morgan fingerprint density at radius 2 is 2.06 bits per heavy atom. The number of carbonyl (C=O) groups is 1. The molecule has 0 aliphatic heterocycles. The minimum absolute atomic E-state index is 0.245.